The minimum absolute atomic E-state index is 0.0811. The molecule has 4 aromatic rings. The van der Waals surface area contributed by atoms with Crippen LogP contribution in [0.15, 0.2) is 107 Å². The summed E-state index contributed by atoms with van der Waals surface area (Å²) in [5.74, 6) is -0.963. The number of amides is 1. The maximum Gasteiger partial charge on any atom is 0.293 e. The summed E-state index contributed by atoms with van der Waals surface area (Å²) >= 11 is 1.82. The molecular weight excluding hydrogens is 590 g/mol. The Kier molecular flexibility index (Phi) is 9.42. The second-order valence-corrected chi connectivity index (χ2v) is 13.3. The van der Waals surface area contributed by atoms with Crippen molar-refractivity contribution in [1.29, 1.82) is 0 Å². The van der Waals surface area contributed by atoms with E-state index in [9.17, 15) is 27.7 Å². The Bertz CT molecular complexity index is 1700. The predicted molar refractivity (Wildman–Crippen MR) is 166 cm³/mol. The first-order valence-electron chi connectivity index (χ1n) is 13.9. The van der Waals surface area contributed by atoms with Gasteiger partial charge in [-0.25, -0.2) is 17.5 Å². The van der Waals surface area contributed by atoms with Gasteiger partial charge in [0, 0.05) is 28.3 Å². The van der Waals surface area contributed by atoms with E-state index in [1.54, 1.807) is 24.3 Å². The minimum atomic E-state index is -4.40. The molecule has 0 bridgehead atoms. The third kappa shape index (κ3) is 7.60. The number of nitro groups is 1. The summed E-state index contributed by atoms with van der Waals surface area (Å²) in [7, 11) is -4.40. The summed E-state index contributed by atoms with van der Waals surface area (Å²) in [5.41, 5.74) is 1.37. The van der Waals surface area contributed by atoms with Crippen LogP contribution < -0.4 is 10.0 Å². The third-order valence-electron chi connectivity index (χ3n) is 7.45. The fourth-order valence-electron chi connectivity index (χ4n) is 5.15. The van der Waals surface area contributed by atoms with Gasteiger partial charge in [-0.3, -0.25) is 14.9 Å². The fourth-order valence-corrected chi connectivity index (χ4v) is 7.52. The van der Waals surface area contributed by atoms with E-state index in [1.165, 1.54) is 41.3 Å². The highest BCUT2D eigenvalue weighted by molar-refractivity contribution is 8.00. The molecule has 1 aliphatic rings. The fraction of sp³-hybridized carbons (Fsp3) is 0.219. The lowest BCUT2D eigenvalue weighted by molar-refractivity contribution is -0.384. The van der Waals surface area contributed by atoms with E-state index in [0.717, 1.165) is 42.9 Å². The van der Waals surface area contributed by atoms with Gasteiger partial charge in [0.05, 0.1) is 9.82 Å². The Hall–Kier alpha value is -4.22. The van der Waals surface area contributed by atoms with Gasteiger partial charge < -0.3 is 5.32 Å². The smallest absolute Gasteiger partial charge is 0.293 e. The molecule has 4 aromatic carbocycles. The molecule has 2 atom stereocenters. The van der Waals surface area contributed by atoms with Crippen molar-refractivity contribution in [2.75, 3.05) is 11.9 Å². The number of carbonyl (C=O) groups excluding carboxylic acids is 1. The van der Waals surface area contributed by atoms with Crippen molar-refractivity contribution in [2.45, 2.75) is 40.7 Å². The van der Waals surface area contributed by atoms with E-state index < -0.39 is 25.7 Å². The van der Waals surface area contributed by atoms with Gasteiger partial charge in [0.1, 0.15) is 11.5 Å². The highest BCUT2D eigenvalue weighted by Gasteiger charge is 2.28. The topological polar surface area (TPSA) is 118 Å². The molecule has 0 aliphatic heterocycles. The molecule has 0 radical (unpaired) electrons. The molecule has 1 amide bonds. The summed E-state index contributed by atoms with van der Waals surface area (Å²) in [6.45, 7) is 0.516. The lowest BCUT2D eigenvalue weighted by atomic mass is 9.88. The number of hydrogen-bond acceptors (Lipinski definition) is 7. The molecule has 0 spiro atoms. The zero-order chi connectivity index (χ0) is 30.4. The van der Waals surface area contributed by atoms with Crippen LogP contribution in [-0.4, -0.2) is 31.0 Å². The van der Waals surface area contributed by atoms with Gasteiger partial charge in [-0.05, 0) is 78.4 Å². The van der Waals surface area contributed by atoms with Gasteiger partial charge in [0.25, 0.3) is 21.6 Å². The molecule has 0 heterocycles. The second-order valence-electron chi connectivity index (χ2n) is 10.3. The summed E-state index contributed by atoms with van der Waals surface area (Å²) in [4.78, 5) is 24.9. The molecule has 0 unspecified atom stereocenters. The van der Waals surface area contributed by atoms with Crippen LogP contribution in [0.5, 0.6) is 0 Å². The monoisotopic (exact) mass is 619 g/mol. The van der Waals surface area contributed by atoms with Crippen molar-refractivity contribution in [1.82, 2.24) is 4.72 Å². The highest BCUT2D eigenvalue weighted by atomic mass is 32.2. The van der Waals surface area contributed by atoms with Gasteiger partial charge in [-0.2, -0.15) is 0 Å². The van der Waals surface area contributed by atoms with Gasteiger partial charge in [0.2, 0.25) is 0 Å². The van der Waals surface area contributed by atoms with Crippen LogP contribution in [-0.2, 0) is 10.0 Å². The summed E-state index contributed by atoms with van der Waals surface area (Å²) in [5, 5.41) is 15.5. The molecule has 0 saturated heterocycles. The molecule has 1 aliphatic carbocycles. The number of anilines is 1. The first-order valence-corrected chi connectivity index (χ1v) is 16.2. The Morgan fingerprint density at radius 1 is 0.907 bits per heavy atom. The molecule has 1 fully saturated rings. The number of carbonyl (C=O) groups is 1. The zero-order valence-corrected chi connectivity index (χ0v) is 24.7. The van der Waals surface area contributed by atoms with E-state index in [2.05, 4.69) is 17.4 Å². The van der Waals surface area contributed by atoms with Crippen molar-refractivity contribution in [3.63, 3.8) is 0 Å². The second kappa shape index (κ2) is 13.4. The van der Waals surface area contributed by atoms with Gasteiger partial charge >= 0.3 is 0 Å². The lowest BCUT2D eigenvalue weighted by Gasteiger charge is -2.31. The van der Waals surface area contributed by atoms with Crippen LogP contribution in [0.2, 0.25) is 0 Å². The molecule has 0 aromatic heterocycles. The van der Waals surface area contributed by atoms with Crippen molar-refractivity contribution >= 4 is 39.1 Å². The first kappa shape index (κ1) is 30.2. The number of sulfonamides is 1. The molecule has 8 nitrogen and oxygen atoms in total. The Balaban J connectivity index is 1.26. The lowest BCUT2D eigenvalue weighted by Crippen LogP contribution is -2.30. The molecule has 43 heavy (non-hydrogen) atoms. The van der Waals surface area contributed by atoms with E-state index in [-0.39, 0.29) is 28.7 Å². The Morgan fingerprint density at radius 2 is 1.56 bits per heavy atom. The normalized spacial score (nSPS) is 16.8. The summed E-state index contributed by atoms with van der Waals surface area (Å²) in [6, 6.07) is 25.7. The molecular formula is C32H30FN3O5S2. The van der Waals surface area contributed by atoms with Crippen LogP contribution in [0.1, 0.15) is 36.0 Å². The molecule has 5 rings (SSSR count). The van der Waals surface area contributed by atoms with Crippen LogP contribution >= 0.6 is 11.8 Å². The van der Waals surface area contributed by atoms with Crippen molar-refractivity contribution in [3.8, 4) is 11.1 Å². The summed E-state index contributed by atoms with van der Waals surface area (Å²) in [6.07, 6.45) is 4.28. The van der Waals surface area contributed by atoms with Gasteiger partial charge in [0.15, 0.2) is 0 Å². The first-order chi connectivity index (χ1) is 20.7. The molecule has 1 saturated carbocycles. The van der Waals surface area contributed by atoms with Gasteiger partial charge in [-0.1, -0.05) is 55.3 Å². The van der Waals surface area contributed by atoms with Crippen LogP contribution in [0.25, 0.3) is 11.1 Å². The van der Waals surface area contributed by atoms with Crippen LogP contribution in [0.4, 0.5) is 15.8 Å². The highest BCUT2D eigenvalue weighted by Crippen LogP contribution is 2.38. The third-order valence-corrected chi connectivity index (χ3v) is 10.2. The molecule has 2 N–H and O–H groups in total. The van der Waals surface area contributed by atoms with Crippen molar-refractivity contribution in [3.05, 3.63) is 119 Å². The van der Waals surface area contributed by atoms with E-state index in [4.69, 9.17) is 0 Å². The zero-order valence-electron chi connectivity index (χ0n) is 23.1. The number of halogens is 1. The number of rotatable bonds is 10. The Labute approximate surface area is 253 Å². The summed E-state index contributed by atoms with van der Waals surface area (Å²) < 4.78 is 41.3. The average molecular weight is 620 g/mol. The number of nitro benzene ring substituents is 1. The number of nitrogens with zero attached hydrogens (tertiary/aromatic N) is 1. The minimum Gasteiger partial charge on any atom is -0.379 e. The molecule has 11 heteroatoms. The molecule has 222 valence electrons. The number of benzene rings is 4. The van der Waals surface area contributed by atoms with Crippen LogP contribution in [0, 0.1) is 21.8 Å². The largest absolute Gasteiger partial charge is 0.379 e. The Morgan fingerprint density at radius 3 is 2.23 bits per heavy atom. The van der Waals surface area contributed by atoms with Crippen LogP contribution in [0.3, 0.4) is 0 Å². The predicted octanol–water partition coefficient (Wildman–Crippen LogP) is 7.28. The van der Waals surface area contributed by atoms with Gasteiger partial charge in [-0.15, -0.1) is 11.8 Å². The maximum atomic E-state index is 13.2. The average Bonchev–Trinajstić information content (AvgIpc) is 3.01. The SMILES string of the molecule is O=C(NS(=O)(=O)c1ccc(NC[C@@H]2CCCC[C@@H]2Sc2ccccc2)c([N+](=O)[O-])c1)c1ccc(-c2ccc(F)cc2)cc1. The standard InChI is InChI=1S/C32H30FN3O5S2/c33-26-16-14-23(15-17-26)22-10-12-24(13-11-22)32(37)35-43(40,41)28-18-19-29(30(20-28)36(38)39)34-21-25-6-4-5-9-31(25)42-27-7-2-1-3-8-27/h1-3,7-8,10-20,25,31,34H,4-6,9,21H2,(H,35,37)/t25-,31-/m0/s1. The number of nitrogens with one attached hydrogen (secondary N) is 2. The van der Waals surface area contributed by atoms with E-state index in [1.807, 2.05) is 34.7 Å². The quantitative estimate of drug-likeness (QED) is 0.141. The van der Waals surface area contributed by atoms with Crippen molar-refractivity contribution in [2.24, 2.45) is 5.92 Å². The number of thioether (sulfide) groups is 1. The van der Waals surface area contributed by atoms with Crippen molar-refractivity contribution < 1.29 is 22.5 Å². The maximum absolute atomic E-state index is 13.2. The number of hydrogen-bond donors (Lipinski definition) is 2. The van der Waals surface area contributed by atoms with E-state index >= 15 is 0 Å². The van der Waals surface area contributed by atoms with E-state index in [0.29, 0.717) is 11.8 Å².